The van der Waals surface area contributed by atoms with Gasteiger partial charge in [-0.25, -0.2) is 0 Å². The number of fused-ring (bicyclic) bond motifs is 2. The summed E-state index contributed by atoms with van der Waals surface area (Å²) in [4.78, 5) is 16.5. The molecule has 2 aromatic rings. The van der Waals surface area contributed by atoms with Crippen molar-refractivity contribution in [2.45, 2.75) is 37.4 Å². The summed E-state index contributed by atoms with van der Waals surface area (Å²) < 4.78 is 5.62. The summed E-state index contributed by atoms with van der Waals surface area (Å²) in [5.41, 5.74) is 0.546. The van der Waals surface area contributed by atoms with Crippen molar-refractivity contribution in [1.82, 2.24) is 15.6 Å². The predicted molar refractivity (Wildman–Crippen MR) is 82.8 cm³/mol. The van der Waals surface area contributed by atoms with Crippen LogP contribution in [0.15, 0.2) is 34.9 Å². The Kier molecular flexibility index (Phi) is 3.39. The minimum atomic E-state index is -0.183. The maximum absolute atomic E-state index is 12.3. The van der Waals surface area contributed by atoms with Gasteiger partial charge in [-0.05, 0) is 43.5 Å². The molecular weight excluding hydrogens is 302 g/mol. The van der Waals surface area contributed by atoms with E-state index in [0.29, 0.717) is 34.3 Å². The Bertz CT molecular complexity index is 715. The van der Waals surface area contributed by atoms with Crippen LogP contribution in [0.1, 0.15) is 29.8 Å². The van der Waals surface area contributed by atoms with Gasteiger partial charge in [0.15, 0.2) is 11.5 Å². The van der Waals surface area contributed by atoms with Crippen molar-refractivity contribution < 1.29 is 9.21 Å². The van der Waals surface area contributed by atoms with Crippen LogP contribution in [0.25, 0.3) is 11.5 Å². The first-order valence-corrected chi connectivity index (χ1v) is 7.86. The van der Waals surface area contributed by atoms with Crippen molar-refractivity contribution in [2.75, 3.05) is 0 Å². The summed E-state index contributed by atoms with van der Waals surface area (Å²) in [6.07, 6.45) is 4.98. The van der Waals surface area contributed by atoms with Crippen LogP contribution in [0.2, 0.25) is 5.02 Å². The summed E-state index contributed by atoms with van der Waals surface area (Å²) >= 11 is 6.10. The highest BCUT2D eigenvalue weighted by atomic mass is 35.5. The molecule has 0 aliphatic carbocycles. The van der Waals surface area contributed by atoms with Gasteiger partial charge in [-0.2, -0.15) is 0 Å². The second kappa shape index (κ2) is 5.41. The Labute approximate surface area is 133 Å². The molecular formula is C16H16ClN3O2. The molecule has 2 fully saturated rings. The number of carbonyl (C=O) groups is 1. The molecule has 4 rings (SSSR count). The van der Waals surface area contributed by atoms with Crippen LogP contribution < -0.4 is 10.6 Å². The molecule has 0 radical (unpaired) electrons. The lowest BCUT2D eigenvalue weighted by molar-refractivity contribution is 0.0903. The third-order valence-corrected chi connectivity index (χ3v) is 4.74. The molecule has 0 aromatic carbocycles. The number of carbonyl (C=O) groups excluding carboxylic acids is 1. The molecule has 1 amide bonds. The van der Waals surface area contributed by atoms with E-state index in [1.165, 1.54) is 6.42 Å². The van der Waals surface area contributed by atoms with Crippen molar-refractivity contribution in [3.63, 3.8) is 0 Å². The Morgan fingerprint density at radius 2 is 2.27 bits per heavy atom. The van der Waals surface area contributed by atoms with E-state index in [2.05, 4.69) is 15.6 Å². The monoisotopic (exact) mass is 317 g/mol. The first kappa shape index (κ1) is 13.8. The molecule has 5 nitrogen and oxygen atoms in total. The maximum Gasteiger partial charge on any atom is 0.287 e. The van der Waals surface area contributed by atoms with Gasteiger partial charge in [-0.1, -0.05) is 11.6 Å². The van der Waals surface area contributed by atoms with Crippen LogP contribution in [-0.4, -0.2) is 29.0 Å². The number of nitrogens with one attached hydrogen (secondary N) is 2. The Morgan fingerprint density at radius 3 is 3.00 bits per heavy atom. The zero-order chi connectivity index (χ0) is 15.1. The lowest BCUT2D eigenvalue weighted by Crippen LogP contribution is -2.42. The van der Waals surface area contributed by atoms with E-state index in [-0.39, 0.29) is 11.9 Å². The molecule has 2 N–H and O–H groups in total. The van der Waals surface area contributed by atoms with Crippen molar-refractivity contribution in [3.8, 4) is 11.5 Å². The molecule has 2 aliphatic heterocycles. The molecule has 3 unspecified atom stereocenters. The summed E-state index contributed by atoms with van der Waals surface area (Å²) in [5.74, 6) is 0.610. The predicted octanol–water partition coefficient (Wildman–Crippen LogP) is 2.62. The number of pyridine rings is 1. The van der Waals surface area contributed by atoms with Crippen LogP contribution in [-0.2, 0) is 0 Å². The van der Waals surface area contributed by atoms with Crippen molar-refractivity contribution in [2.24, 2.45) is 0 Å². The molecule has 114 valence electrons. The quantitative estimate of drug-likeness (QED) is 0.913. The average Bonchev–Trinajstić information content (AvgIpc) is 3.24. The number of amides is 1. The molecule has 2 bridgehead atoms. The van der Waals surface area contributed by atoms with Crippen LogP contribution >= 0.6 is 11.6 Å². The number of aromatic nitrogens is 1. The smallest absolute Gasteiger partial charge is 0.287 e. The second-order valence-corrected chi connectivity index (χ2v) is 6.27. The normalized spacial score (nSPS) is 26.3. The van der Waals surface area contributed by atoms with Gasteiger partial charge in [0, 0.05) is 24.3 Å². The summed E-state index contributed by atoms with van der Waals surface area (Å²) in [6, 6.07) is 8.03. The first-order chi connectivity index (χ1) is 10.7. The second-order valence-electron chi connectivity index (χ2n) is 5.86. The first-order valence-electron chi connectivity index (χ1n) is 7.48. The topological polar surface area (TPSA) is 67.2 Å². The van der Waals surface area contributed by atoms with Crippen LogP contribution in [0.5, 0.6) is 0 Å². The van der Waals surface area contributed by atoms with Gasteiger partial charge in [0.2, 0.25) is 0 Å². The van der Waals surface area contributed by atoms with Crippen LogP contribution in [0.4, 0.5) is 0 Å². The molecule has 0 spiro atoms. The van der Waals surface area contributed by atoms with Gasteiger partial charge in [0.1, 0.15) is 5.69 Å². The van der Waals surface area contributed by atoms with Crippen LogP contribution in [0, 0.1) is 0 Å². The van der Waals surface area contributed by atoms with Gasteiger partial charge in [-0.15, -0.1) is 0 Å². The molecule has 2 aliphatic rings. The standard InChI is InChI=1S/C16H16ClN3O2/c17-10-2-1-7-18-15(10)13-5-6-14(22-13)16(21)20-12-8-9-3-4-11(12)19-9/h1-2,5-7,9,11-12,19H,3-4,8H2,(H,20,21). The third kappa shape index (κ3) is 2.40. The van der Waals surface area contributed by atoms with Crippen LogP contribution in [0.3, 0.4) is 0 Å². The van der Waals surface area contributed by atoms with Gasteiger partial charge in [0.25, 0.3) is 5.91 Å². The fourth-order valence-corrected chi connectivity index (χ4v) is 3.59. The van der Waals surface area contributed by atoms with E-state index in [0.717, 1.165) is 12.8 Å². The molecule has 2 aromatic heterocycles. The zero-order valence-corrected chi connectivity index (χ0v) is 12.6. The molecule has 22 heavy (non-hydrogen) atoms. The van der Waals surface area contributed by atoms with Gasteiger partial charge >= 0.3 is 0 Å². The minimum Gasteiger partial charge on any atom is -0.449 e. The van der Waals surface area contributed by atoms with E-state index >= 15 is 0 Å². The van der Waals surface area contributed by atoms with Crippen molar-refractivity contribution >= 4 is 17.5 Å². The highest BCUT2D eigenvalue weighted by Gasteiger charge is 2.39. The molecule has 0 saturated carbocycles. The average molecular weight is 318 g/mol. The molecule has 2 saturated heterocycles. The van der Waals surface area contributed by atoms with E-state index in [4.69, 9.17) is 16.0 Å². The van der Waals surface area contributed by atoms with Gasteiger partial charge < -0.3 is 15.1 Å². The SMILES string of the molecule is O=C(NC1CC2CCC1N2)c1ccc(-c2ncccc2Cl)o1. The number of nitrogens with zero attached hydrogens (tertiary/aromatic N) is 1. The number of halogens is 1. The maximum atomic E-state index is 12.3. The fourth-order valence-electron chi connectivity index (χ4n) is 3.38. The van der Waals surface area contributed by atoms with Crippen molar-refractivity contribution in [1.29, 1.82) is 0 Å². The minimum absolute atomic E-state index is 0.183. The summed E-state index contributed by atoms with van der Waals surface area (Å²) in [7, 11) is 0. The number of rotatable bonds is 3. The van der Waals surface area contributed by atoms with E-state index in [1.807, 2.05) is 0 Å². The Balaban J connectivity index is 1.49. The van der Waals surface area contributed by atoms with E-state index in [1.54, 1.807) is 30.5 Å². The van der Waals surface area contributed by atoms with Gasteiger partial charge in [0.05, 0.1) is 5.02 Å². The largest absolute Gasteiger partial charge is 0.449 e. The van der Waals surface area contributed by atoms with E-state index < -0.39 is 0 Å². The lowest BCUT2D eigenvalue weighted by Gasteiger charge is -2.20. The highest BCUT2D eigenvalue weighted by Crippen LogP contribution is 2.29. The highest BCUT2D eigenvalue weighted by molar-refractivity contribution is 6.32. The molecule has 3 atom stereocenters. The zero-order valence-electron chi connectivity index (χ0n) is 11.9. The van der Waals surface area contributed by atoms with E-state index in [9.17, 15) is 4.79 Å². The molecule has 6 heteroatoms. The number of hydrogen-bond acceptors (Lipinski definition) is 4. The summed E-state index contributed by atoms with van der Waals surface area (Å²) in [5, 5.41) is 7.06. The van der Waals surface area contributed by atoms with Crippen molar-refractivity contribution in [3.05, 3.63) is 41.2 Å². The Hall–Kier alpha value is -1.85. The third-order valence-electron chi connectivity index (χ3n) is 4.44. The fraction of sp³-hybridized carbons (Fsp3) is 0.375. The van der Waals surface area contributed by atoms with Gasteiger partial charge in [-0.3, -0.25) is 9.78 Å². The summed E-state index contributed by atoms with van der Waals surface area (Å²) in [6.45, 7) is 0. The number of furan rings is 1. The lowest BCUT2D eigenvalue weighted by atomic mass is 9.95. The molecule has 4 heterocycles. The Morgan fingerprint density at radius 1 is 1.36 bits per heavy atom. The number of hydrogen-bond donors (Lipinski definition) is 2.